The molecule has 1 aromatic carbocycles. The summed E-state index contributed by atoms with van der Waals surface area (Å²) < 4.78 is 0. The number of phenolic OH excluding ortho intramolecular Hbond substituents is 1. The van der Waals surface area contributed by atoms with Gasteiger partial charge in [-0.1, -0.05) is 6.07 Å². The summed E-state index contributed by atoms with van der Waals surface area (Å²) in [5.74, 6) is -0.0582. The number of benzene rings is 1. The van der Waals surface area contributed by atoms with Crippen LogP contribution in [0.5, 0.6) is 5.75 Å². The van der Waals surface area contributed by atoms with Gasteiger partial charge in [-0.25, -0.2) is 0 Å². The number of rotatable bonds is 2. The fourth-order valence-electron chi connectivity index (χ4n) is 1.52. The first-order chi connectivity index (χ1) is 7.59. The minimum absolute atomic E-state index is 0.0569. The molecule has 0 saturated heterocycles. The van der Waals surface area contributed by atoms with Crippen molar-refractivity contribution in [3.05, 3.63) is 51.2 Å². The molecule has 0 spiro atoms. The Morgan fingerprint density at radius 3 is 2.56 bits per heavy atom. The summed E-state index contributed by atoms with van der Waals surface area (Å²) in [6, 6.07) is 6.97. The summed E-state index contributed by atoms with van der Waals surface area (Å²) in [6.07, 6.45) is 0. The topological polar surface area (TPSA) is 37.3 Å². The van der Waals surface area contributed by atoms with Crippen LogP contribution in [0.4, 0.5) is 0 Å². The maximum atomic E-state index is 12.0. The van der Waals surface area contributed by atoms with Gasteiger partial charge in [-0.05, 0) is 48.6 Å². The lowest BCUT2D eigenvalue weighted by Crippen LogP contribution is -2.00. The highest BCUT2D eigenvalue weighted by Gasteiger charge is 2.15. The molecule has 0 amide bonds. The zero-order valence-corrected chi connectivity index (χ0v) is 9.97. The minimum atomic E-state index is -0.115. The van der Waals surface area contributed by atoms with Crippen molar-refractivity contribution in [2.45, 2.75) is 13.8 Å². The highest BCUT2D eigenvalue weighted by molar-refractivity contribution is 7.12. The SMILES string of the molecule is Cc1cc(O)c(C(=O)c2cccs2)cc1C. The zero-order chi connectivity index (χ0) is 11.7. The van der Waals surface area contributed by atoms with Crippen molar-refractivity contribution >= 4 is 17.1 Å². The van der Waals surface area contributed by atoms with E-state index in [0.717, 1.165) is 11.1 Å². The summed E-state index contributed by atoms with van der Waals surface area (Å²) in [5, 5.41) is 11.6. The van der Waals surface area contributed by atoms with Gasteiger partial charge in [-0.2, -0.15) is 0 Å². The first kappa shape index (κ1) is 10.9. The van der Waals surface area contributed by atoms with E-state index < -0.39 is 0 Å². The van der Waals surface area contributed by atoms with Crippen LogP contribution in [-0.2, 0) is 0 Å². The quantitative estimate of drug-likeness (QED) is 0.807. The molecule has 0 radical (unpaired) electrons. The second-order valence-corrected chi connectivity index (χ2v) is 4.71. The number of hydrogen-bond acceptors (Lipinski definition) is 3. The largest absolute Gasteiger partial charge is 0.507 e. The van der Waals surface area contributed by atoms with E-state index in [9.17, 15) is 9.90 Å². The van der Waals surface area contributed by atoms with E-state index in [4.69, 9.17) is 0 Å². The van der Waals surface area contributed by atoms with Gasteiger partial charge in [0.05, 0.1) is 10.4 Å². The van der Waals surface area contributed by atoms with Gasteiger partial charge in [0.2, 0.25) is 5.78 Å². The minimum Gasteiger partial charge on any atom is -0.507 e. The van der Waals surface area contributed by atoms with E-state index in [1.807, 2.05) is 25.3 Å². The highest BCUT2D eigenvalue weighted by atomic mass is 32.1. The monoisotopic (exact) mass is 232 g/mol. The van der Waals surface area contributed by atoms with Gasteiger partial charge in [0.15, 0.2) is 0 Å². The third-order valence-electron chi connectivity index (χ3n) is 2.60. The maximum absolute atomic E-state index is 12.0. The number of ketones is 1. The predicted octanol–water partition coefficient (Wildman–Crippen LogP) is 3.30. The van der Waals surface area contributed by atoms with Gasteiger partial charge in [0, 0.05) is 0 Å². The average Bonchev–Trinajstić information content (AvgIpc) is 2.75. The smallest absolute Gasteiger partial charge is 0.206 e. The van der Waals surface area contributed by atoms with E-state index >= 15 is 0 Å². The molecule has 0 fully saturated rings. The maximum Gasteiger partial charge on any atom is 0.206 e. The van der Waals surface area contributed by atoms with Crippen molar-refractivity contribution in [3.63, 3.8) is 0 Å². The lowest BCUT2D eigenvalue weighted by Gasteiger charge is -2.06. The Morgan fingerprint density at radius 2 is 1.94 bits per heavy atom. The number of carbonyl (C=O) groups is 1. The van der Waals surface area contributed by atoms with Crippen LogP contribution >= 0.6 is 11.3 Å². The van der Waals surface area contributed by atoms with E-state index in [-0.39, 0.29) is 11.5 Å². The molecule has 2 aromatic rings. The molecule has 16 heavy (non-hydrogen) atoms. The van der Waals surface area contributed by atoms with Crippen molar-refractivity contribution < 1.29 is 9.90 Å². The second-order valence-electron chi connectivity index (χ2n) is 3.76. The summed E-state index contributed by atoms with van der Waals surface area (Å²) in [7, 11) is 0. The molecule has 82 valence electrons. The molecule has 1 heterocycles. The van der Waals surface area contributed by atoms with Crippen molar-refractivity contribution in [2.75, 3.05) is 0 Å². The number of carbonyl (C=O) groups excluding carboxylic acids is 1. The summed E-state index contributed by atoms with van der Waals surface area (Å²) in [4.78, 5) is 12.7. The number of aromatic hydroxyl groups is 1. The molecule has 3 heteroatoms. The van der Waals surface area contributed by atoms with Gasteiger partial charge in [0.1, 0.15) is 5.75 Å². The first-order valence-electron chi connectivity index (χ1n) is 4.98. The highest BCUT2D eigenvalue weighted by Crippen LogP contribution is 2.25. The Morgan fingerprint density at radius 1 is 1.25 bits per heavy atom. The molecule has 0 aliphatic carbocycles. The Hall–Kier alpha value is -1.61. The van der Waals surface area contributed by atoms with Crippen LogP contribution in [0.25, 0.3) is 0 Å². The Balaban J connectivity index is 2.49. The fourth-order valence-corrected chi connectivity index (χ4v) is 2.20. The first-order valence-corrected chi connectivity index (χ1v) is 5.86. The summed E-state index contributed by atoms with van der Waals surface area (Å²) in [5.41, 5.74) is 2.38. The molecular formula is C13H12O2S. The fraction of sp³-hybridized carbons (Fsp3) is 0.154. The van der Waals surface area contributed by atoms with Gasteiger partial charge in [0.25, 0.3) is 0 Å². The Labute approximate surface area is 98.2 Å². The van der Waals surface area contributed by atoms with Gasteiger partial charge in [-0.3, -0.25) is 4.79 Å². The molecule has 2 nitrogen and oxygen atoms in total. The normalized spacial score (nSPS) is 10.4. The van der Waals surface area contributed by atoms with Crippen molar-refractivity contribution in [1.82, 2.24) is 0 Å². The molecule has 0 saturated carbocycles. The van der Waals surface area contributed by atoms with Crippen molar-refractivity contribution in [2.24, 2.45) is 0 Å². The standard InChI is InChI=1S/C13H12O2S/c1-8-6-10(11(14)7-9(8)2)13(15)12-4-3-5-16-12/h3-7,14H,1-2H3. The Bertz CT molecular complexity index is 527. The van der Waals surface area contributed by atoms with Crippen LogP contribution in [0.1, 0.15) is 26.4 Å². The molecule has 2 rings (SSSR count). The molecule has 1 N–H and O–H groups in total. The number of aryl methyl sites for hydroxylation is 2. The lowest BCUT2D eigenvalue weighted by molar-refractivity contribution is 0.104. The Kier molecular flexibility index (Phi) is 2.79. The number of hydrogen-bond donors (Lipinski definition) is 1. The summed E-state index contributed by atoms with van der Waals surface area (Å²) in [6.45, 7) is 3.84. The molecule has 0 atom stereocenters. The second kappa shape index (κ2) is 4.10. The van der Waals surface area contributed by atoms with Crippen LogP contribution in [0.3, 0.4) is 0 Å². The third kappa shape index (κ3) is 1.86. The van der Waals surface area contributed by atoms with Gasteiger partial charge in [-0.15, -0.1) is 11.3 Å². The lowest BCUT2D eigenvalue weighted by atomic mass is 10.0. The van der Waals surface area contributed by atoms with Crippen LogP contribution in [0, 0.1) is 13.8 Å². The van der Waals surface area contributed by atoms with Crippen LogP contribution in [0.2, 0.25) is 0 Å². The van der Waals surface area contributed by atoms with E-state index in [1.54, 1.807) is 18.2 Å². The predicted molar refractivity (Wildman–Crippen MR) is 65.3 cm³/mol. The molecular weight excluding hydrogens is 220 g/mol. The third-order valence-corrected chi connectivity index (χ3v) is 3.47. The number of thiophene rings is 1. The van der Waals surface area contributed by atoms with Gasteiger partial charge < -0.3 is 5.11 Å². The molecule has 0 unspecified atom stereocenters. The molecule has 0 aliphatic heterocycles. The van der Waals surface area contributed by atoms with Crippen LogP contribution in [-0.4, -0.2) is 10.9 Å². The van der Waals surface area contributed by atoms with E-state index in [2.05, 4.69) is 0 Å². The molecule has 0 bridgehead atoms. The molecule has 0 aliphatic rings. The van der Waals surface area contributed by atoms with Crippen molar-refractivity contribution in [1.29, 1.82) is 0 Å². The number of phenols is 1. The average molecular weight is 232 g/mol. The van der Waals surface area contributed by atoms with Gasteiger partial charge >= 0.3 is 0 Å². The molecule has 1 aromatic heterocycles. The van der Waals surface area contributed by atoms with Crippen molar-refractivity contribution in [3.8, 4) is 5.75 Å². The van der Waals surface area contributed by atoms with E-state index in [0.29, 0.717) is 10.4 Å². The van der Waals surface area contributed by atoms with E-state index in [1.165, 1.54) is 11.3 Å². The van der Waals surface area contributed by atoms with Crippen LogP contribution in [0.15, 0.2) is 29.6 Å². The zero-order valence-electron chi connectivity index (χ0n) is 9.15. The van der Waals surface area contributed by atoms with Crippen LogP contribution < -0.4 is 0 Å². The summed E-state index contributed by atoms with van der Waals surface area (Å²) >= 11 is 1.38.